The molecule has 6 nitrogen and oxygen atoms in total. The number of nitrogens with zero attached hydrogens (tertiary/aromatic N) is 1. The van der Waals surface area contributed by atoms with Crippen LogP contribution in [0, 0.1) is 0 Å². The zero-order chi connectivity index (χ0) is 21.9. The number of pyridine rings is 1. The zero-order valence-corrected chi connectivity index (χ0v) is 18.4. The zero-order valence-electron chi connectivity index (χ0n) is 18.4. The molecule has 3 rings (SSSR count). The molecule has 2 heterocycles. The Morgan fingerprint density at radius 1 is 1.10 bits per heavy atom. The van der Waals surface area contributed by atoms with Gasteiger partial charge < -0.3 is 18.6 Å². The molecule has 1 aliphatic rings. The molecule has 1 aromatic heterocycles. The van der Waals surface area contributed by atoms with E-state index in [-0.39, 0.29) is 30.6 Å². The maximum atomic E-state index is 12.7. The lowest BCUT2D eigenvalue weighted by Gasteiger charge is -2.32. The smallest absolute Gasteiger partial charge is 0.461 e. The molecule has 0 N–H and O–H groups in total. The third-order valence-electron chi connectivity index (χ3n) is 5.98. The molecule has 160 valence electrons. The van der Waals surface area contributed by atoms with Crippen molar-refractivity contribution in [2.75, 3.05) is 0 Å². The second-order valence-corrected chi connectivity index (χ2v) is 8.83. The summed E-state index contributed by atoms with van der Waals surface area (Å²) in [6.45, 7) is 10.1. The highest BCUT2D eigenvalue weighted by atomic mass is 16.7. The number of aromatic nitrogens is 1. The third-order valence-corrected chi connectivity index (χ3v) is 5.98. The van der Waals surface area contributed by atoms with Gasteiger partial charge in [0.2, 0.25) is 5.56 Å². The Kier molecular flexibility index (Phi) is 6.53. The number of hydrogen-bond acceptors (Lipinski definition) is 5. The number of ether oxygens (including phenoxy) is 1. The van der Waals surface area contributed by atoms with E-state index < -0.39 is 18.3 Å². The summed E-state index contributed by atoms with van der Waals surface area (Å²) >= 11 is 0. The first-order chi connectivity index (χ1) is 14.1. The van der Waals surface area contributed by atoms with E-state index in [4.69, 9.17) is 14.0 Å². The van der Waals surface area contributed by atoms with Crippen molar-refractivity contribution in [1.82, 2.24) is 4.57 Å². The SMILES string of the molecule is CC(CCC(=O)OCc1ccccc1)n1ccc(B2OC(C)(C)C(C)(C)O2)cc1=O. The molecule has 1 atom stereocenters. The van der Waals surface area contributed by atoms with E-state index in [1.807, 2.05) is 71.0 Å². The van der Waals surface area contributed by atoms with Crippen LogP contribution in [0.5, 0.6) is 0 Å². The summed E-state index contributed by atoms with van der Waals surface area (Å²) in [6, 6.07) is 12.8. The lowest BCUT2D eigenvalue weighted by Crippen LogP contribution is -2.41. The second kappa shape index (κ2) is 8.78. The average Bonchev–Trinajstić information content (AvgIpc) is 2.92. The normalized spacial score (nSPS) is 18.2. The molecule has 0 radical (unpaired) electrons. The Balaban J connectivity index is 1.56. The molecule has 1 saturated heterocycles. The summed E-state index contributed by atoms with van der Waals surface area (Å²) in [7, 11) is -0.569. The Morgan fingerprint density at radius 3 is 2.33 bits per heavy atom. The van der Waals surface area contributed by atoms with Gasteiger partial charge in [0, 0.05) is 24.7 Å². The van der Waals surface area contributed by atoms with Crippen molar-refractivity contribution in [3.05, 3.63) is 64.6 Å². The summed E-state index contributed by atoms with van der Waals surface area (Å²) in [5.74, 6) is -0.271. The summed E-state index contributed by atoms with van der Waals surface area (Å²) in [5.41, 5.74) is 0.588. The fourth-order valence-corrected chi connectivity index (χ4v) is 3.27. The number of hydrogen-bond donors (Lipinski definition) is 0. The highest BCUT2D eigenvalue weighted by Crippen LogP contribution is 2.36. The number of carbonyl (C=O) groups is 1. The molecule has 1 unspecified atom stereocenters. The first-order valence-corrected chi connectivity index (χ1v) is 10.4. The fourth-order valence-electron chi connectivity index (χ4n) is 3.27. The molecule has 1 aliphatic heterocycles. The maximum Gasteiger partial charge on any atom is 0.495 e. The van der Waals surface area contributed by atoms with Crippen LogP contribution >= 0.6 is 0 Å². The summed E-state index contributed by atoms with van der Waals surface area (Å²) < 4.78 is 19.0. The summed E-state index contributed by atoms with van der Waals surface area (Å²) in [5, 5.41) is 0. The maximum absolute atomic E-state index is 12.7. The molecule has 0 spiro atoms. The van der Waals surface area contributed by atoms with Crippen LogP contribution in [-0.4, -0.2) is 28.9 Å². The predicted octanol–water partition coefficient (Wildman–Crippen LogP) is 3.23. The van der Waals surface area contributed by atoms with E-state index in [0.717, 1.165) is 5.56 Å². The van der Waals surface area contributed by atoms with Crippen LogP contribution in [0.3, 0.4) is 0 Å². The van der Waals surface area contributed by atoms with Gasteiger partial charge in [0.1, 0.15) is 6.61 Å². The molecular formula is C23H30BNO5. The molecule has 0 saturated carbocycles. The van der Waals surface area contributed by atoms with Gasteiger partial charge in [0.05, 0.1) is 11.2 Å². The Bertz CT molecular complexity index is 922. The van der Waals surface area contributed by atoms with E-state index in [2.05, 4.69) is 0 Å². The predicted molar refractivity (Wildman–Crippen MR) is 117 cm³/mol. The van der Waals surface area contributed by atoms with Crippen LogP contribution in [0.2, 0.25) is 0 Å². The van der Waals surface area contributed by atoms with Crippen molar-refractivity contribution < 1.29 is 18.8 Å². The molecular weight excluding hydrogens is 381 g/mol. The molecule has 1 fully saturated rings. The molecule has 1 aromatic carbocycles. The van der Waals surface area contributed by atoms with Crippen molar-refractivity contribution in [3.63, 3.8) is 0 Å². The average molecular weight is 411 g/mol. The standard InChI is InChI=1S/C23H30BNO5/c1-17(11-12-21(27)28-16-18-9-7-6-8-10-18)25-14-13-19(15-20(25)26)24-29-22(2,3)23(4,5)30-24/h6-10,13-15,17H,11-12,16H2,1-5H3. The lowest BCUT2D eigenvalue weighted by atomic mass is 9.80. The minimum atomic E-state index is -0.569. The molecule has 30 heavy (non-hydrogen) atoms. The van der Waals surface area contributed by atoms with Crippen molar-refractivity contribution in [3.8, 4) is 0 Å². The Hall–Kier alpha value is -2.38. The monoisotopic (exact) mass is 411 g/mol. The van der Waals surface area contributed by atoms with Crippen molar-refractivity contribution in [2.24, 2.45) is 0 Å². The third kappa shape index (κ3) is 5.02. The molecule has 2 aromatic rings. The van der Waals surface area contributed by atoms with Crippen LogP contribution in [0.25, 0.3) is 0 Å². The highest BCUT2D eigenvalue weighted by Gasteiger charge is 2.51. The Morgan fingerprint density at radius 2 is 1.73 bits per heavy atom. The quantitative estimate of drug-likeness (QED) is 0.517. The van der Waals surface area contributed by atoms with Gasteiger partial charge >= 0.3 is 13.1 Å². The van der Waals surface area contributed by atoms with E-state index >= 15 is 0 Å². The van der Waals surface area contributed by atoms with Crippen molar-refractivity contribution >= 4 is 18.6 Å². The van der Waals surface area contributed by atoms with Crippen molar-refractivity contribution in [2.45, 2.75) is 71.3 Å². The van der Waals surface area contributed by atoms with E-state index in [9.17, 15) is 9.59 Å². The first kappa shape index (κ1) is 22.3. The summed E-state index contributed by atoms with van der Waals surface area (Å²) in [4.78, 5) is 24.7. The van der Waals surface area contributed by atoms with Gasteiger partial charge in [-0.1, -0.05) is 30.3 Å². The minimum absolute atomic E-state index is 0.130. The van der Waals surface area contributed by atoms with Gasteiger partial charge in [-0.3, -0.25) is 9.59 Å². The van der Waals surface area contributed by atoms with Crippen LogP contribution in [0.15, 0.2) is 53.5 Å². The van der Waals surface area contributed by atoms with Gasteiger partial charge in [-0.2, -0.15) is 0 Å². The molecule has 7 heteroatoms. The lowest BCUT2D eigenvalue weighted by molar-refractivity contribution is -0.145. The van der Waals surface area contributed by atoms with Gasteiger partial charge in [-0.25, -0.2) is 0 Å². The van der Waals surface area contributed by atoms with E-state index in [1.54, 1.807) is 16.8 Å². The van der Waals surface area contributed by atoms with Crippen LogP contribution in [0.1, 0.15) is 59.1 Å². The number of carbonyl (C=O) groups excluding carboxylic acids is 1. The Labute approximate surface area is 178 Å². The van der Waals surface area contributed by atoms with Crippen LogP contribution in [0.4, 0.5) is 0 Å². The van der Waals surface area contributed by atoms with E-state index in [0.29, 0.717) is 11.9 Å². The van der Waals surface area contributed by atoms with Gasteiger partial charge in [-0.15, -0.1) is 0 Å². The van der Waals surface area contributed by atoms with Crippen molar-refractivity contribution in [1.29, 1.82) is 0 Å². The van der Waals surface area contributed by atoms with E-state index in [1.165, 1.54) is 0 Å². The van der Waals surface area contributed by atoms with Crippen LogP contribution < -0.4 is 11.0 Å². The van der Waals surface area contributed by atoms with Gasteiger partial charge in [0.25, 0.3) is 0 Å². The van der Waals surface area contributed by atoms with Gasteiger partial charge in [-0.05, 0) is 58.1 Å². The first-order valence-electron chi connectivity index (χ1n) is 10.4. The fraction of sp³-hybridized carbons (Fsp3) is 0.478. The highest BCUT2D eigenvalue weighted by molar-refractivity contribution is 6.62. The number of benzene rings is 1. The number of rotatable bonds is 7. The second-order valence-electron chi connectivity index (χ2n) is 8.83. The summed E-state index contributed by atoms with van der Waals surface area (Å²) in [6.07, 6.45) is 2.51. The van der Waals surface area contributed by atoms with Gasteiger partial charge in [0.15, 0.2) is 0 Å². The molecule has 0 bridgehead atoms. The topological polar surface area (TPSA) is 66.8 Å². The molecule has 0 amide bonds. The van der Waals surface area contributed by atoms with Crippen LogP contribution in [-0.2, 0) is 25.4 Å². The number of esters is 1. The minimum Gasteiger partial charge on any atom is -0.461 e. The largest absolute Gasteiger partial charge is 0.495 e. The molecule has 0 aliphatic carbocycles.